The minimum absolute atomic E-state index is 0.000596. The van der Waals surface area contributed by atoms with Crippen molar-refractivity contribution in [2.45, 2.75) is 63.7 Å². The van der Waals surface area contributed by atoms with Gasteiger partial charge in [-0.1, -0.05) is 6.92 Å². The second-order valence-electron chi connectivity index (χ2n) is 5.43. The molecule has 0 spiro atoms. The molecular formula is C14H27NO4. The van der Waals surface area contributed by atoms with E-state index in [0.29, 0.717) is 19.4 Å². The fourth-order valence-electron chi connectivity index (χ4n) is 2.74. The number of carbonyl (C=O) groups is 1. The van der Waals surface area contributed by atoms with E-state index >= 15 is 0 Å². The molecule has 0 heterocycles. The number of hydrogen-bond donors (Lipinski definition) is 2. The third-order valence-corrected chi connectivity index (χ3v) is 3.65. The number of hydrogen-bond acceptors (Lipinski definition) is 4. The first kappa shape index (κ1) is 16.4. The molecule has 5 heteroatoms. The van der Waals surface area contributed by atoms with Crippen LogP contribution in [0.1, 0.15) is 46.0 Å². The van der Waals surface area contributed by atoms with Crippen LogP contribution in [-0.4, -0.2) is 49.1 Å². The molecule has 2 N–H and O–H groups in total. The molecule has 0 amide bonds. The van der Waals surface area contributed by atoms with Crippen LogP contribution in [0, 0.1) is 0 Å². The first-order valence-electron chi connectivity index (χ1n) is 7.17. The monoisotopic (exact) mass is 273 g/mol. The average Bonchev–Trinajstić information content (AvgIpc) is 2.36. The van der Waals surface area contributed by atoms with Crippen LogP contribution in [0.4, 0.5) is 0 Å². The van der Waals surface area contributed by atoms with E-state index < -0.39 is 11.5 Å². The number of aliphatic carboxylic acids is 1. The van der Waals surface area contributed by atoms with Crippen LogP contribution in [0.25, 0.3) is 0 Å². The standard InChI is InChI=1S/C14H27NO4/c1-4-8-15-14(13(16)17)7-5-6-12(9-14)19-11(2)10-18-3/h11-12,15H,4-10H2,1-3H3,(H,16,17). The topological polar surface area (TPSA) is 67.8 Å². The van der Waals surface area contributed by atoms with Crippen molar-refractivity contribution in [3.63, 3.8) is 0 Å². The van der Waals surface area contributed by atoms with Gasteiger partial charge in [0.2, 0.25) is 0 Å². The average molecular weight is 273 g/mol. The molecule has 0 radical (unpaired) electrons. The summed E-state index contributed by atoms with van der Waals surface area (Å²) in [4.78, 5) is 11.6. The van der Waals surface area contributed by atoms with Gasteiger partial charge in [-0.05, 0) is 39.2 Å². The van der Waals surface area contributed by atoms with Gasteiger partial charge in [-0.2, -0.15) is 0 Å². The summed E-state index contributed by atoms with van der Waals surface area (Å²) in [6.07, 6.45) is 3.97. The third-order valence-electron chi connectivity index (χ3n) is 3.65. The lowest BCUT2D eigenvalue weighted by Gasteiger charge is -2.39. The number of ether oxygens (including phenoxy) is 2. The Bertz CT molecular complexity index is 285. The van der Waals surface area contributed by atoms with Crippen LogP contribution in [0.15, 0.2) is 0 Å². The summed E-state index contributed by atoms with van der Waals surface area (Å²) < 4.78 is 10.9. The first-order chi connectivity index (χ1) is 9.04. The summed E-state index contributed by atoms with van der Waals surface area (Å²) in [5.74, 6) is -0.756. The maximum absolute atomic E-state index is 11.6. The van der Waals surface area contributed by atoms with Crippen molar-refractivity contribution in [2.75, 3.05) is 20.3 Å². The molecule has 5 nitrogen and oxygen atoms in total. The maximum Gasteiger partial charge on any atom is 0.323 e. The number of carboxylic acids is 1. The molecule has 3 unspecified atom stereocenters. The van der Waals surface area contributed by atoms with Gasteiger partial charge in [-0.25, -0.2) is 0 Å². The lowest BCUT2D eigenvalue weighted by Crippen LogP contribution is -2.56. The molecule has 1 rings (SSSR count). The molecule has 1 aliphatic carbocycles. The molecule has 19 heavy (non-hydrogen) atoms. The molecule has 0 aromatic heterocycles. The molecule has 0 bridgehead atoms. The largest absolute Gasteiger partial charge is 0.480 e. The predicted octanol–water partition coefficient (Wildman–Crippen LogP) is 1.80. The lowest BCUT2D eigenvalue weighted by atomic mass is 9.80. The molecule has 0 aromatic carbocycles. The van der Waals surface area contributed by atoms with Crippen LogP contribution in [0.2, 0.25) is 0 Å². The summed E-state index contributed by atoms with van der Waals surface area (Å²) in [5.41, 5.74) is -0.814. The Morgan fingerprint density at radius 1 is 1.58 bits per heavy atom. The quantitative estimate of drug-likeness (QED) is 0.706. The summed E-state index contributed by atoms with van der Waals surface area (Å²) in [7, 11) is 1.64. The van der Waals surface area contributed by atoms with Gasteiger partial charge in [0.15, 0.2) is 0 Å². The maximum atomic E-state index is 11.6. The molecular weight excluding hydrogens is 246 g/mol. The zero-order valence-corrected chi connectivity index (χ0v) is 12.3. The van der Waals surface area contributed by atoms with E-state index in [9.17, 15) is 9.90 Å². The number of rotatable bonds is 8. The minimum Gasteiger partial charge on any atom is -0.480 e. The van der Waals surface area contributed by atoms with Crippen molar-refractivity contribution in [3.8, 4) is 0 Å². The second-order valence-corrected chi connectivity index (χ2v) is 5.43. The molecule has 3 atom stereocenters. The number of nitrogens with one attached hydrogen (secondary N) is 1. The Labute approximate surface area is 115 Å². The summed E-state index contributed by atoms with van der Waals surface area (Å²) >= 11 is 0. The highest BCUT2D eigenvalue weighted by Gasteiger charge is 2.43. The molecule has 0 saturated heterocycles. The van der Waals surface area contributed by atoms with Gasteiger partial charge in [0.1, 0.15) is 5.54 Å². The smallest absolute Gasteiger partial charge is 0.323 e. The highest BCUT2D eigenvalue weighted by atomic mass is 16.5. The Morgan fingerprint density at radius 2 is 2.32 bits per heavy atom. The first-order valence-corrected chi connectivity index (χ1v) is 7.17. The van der Waals surface area contributed by atoms with Crippen LogP contribution in [-0.2, 0) is 14.3 Å². The van der Waals surface area contributed by atoms with E-state index in [4.69, 9.17) is 9.47 Å². The van der Waals surface area contributed by atoms with Crippen LogP contribution in [0.5, 0.6) is 0 Å². The second kappa shape index (κ2) is 7.82. The van der Waals surface area contributed by atoms with E-state index in [1.165, 1.54) is 0 Å². The van der Waals surface area contributed by atoms with Crippen LogP contribution >= 0.6 is 0 Å². The summed E-state index contributed by atoms with van der Waals surface area (Å²) in [6, 6.07) is 0. The van der Waals surface area contributed by atoms with E-state index in [1.807, 2.05) is 13.8 Å². The highest BCUT2D eigenvalue weighted by Crippen LogP contribution is 2.31. The van der Waals surface area contributed by atoms with Crippen LogP contribution < -0.4 is 5.32 Å². The fraction of sp³-hybridized carbons (Fsp3) is 0.929. The summed E-state index contributed by atoms with van der Waals surface area (Å²) in [5, 5.41) is 12.7. The lowest BCUT2D eigenvalue weighted by molar-refractivity contribution is -0.150. The van der Waals surface area contributed by atoms with Crippen molar-refractivity contribution in [2.24, 2.45) is 0 Å². The van der Waals surface area contributed by atoms with Gasteiger partial charge in [-0.15, -0.1) is 0 Å². The van der Waals surface area contributed by atoms with Crippen molar-refractivity contribution in [1.29, 1.82) is 0 Å². The molecule has 112 valence electrons. The highest BCUT2D eigenvalue weighted by molar-refractivity contribution is 5.79. The third kappa shape index (κ3) is 4.75. The van der Waals surface area contributed by atoms with E-state index in [-0.39, 0.29) is 12.2 Å². The van der Waals surface area contributed by atoms with Gasteiger partial charge < -0.3 is 19.9 Å². The Hall–Kier alpha value is -0.650. The van der Waals surface area contributed by atoms with E-state index in [2.05, 4.69) is 5.32 Å². The van der Waals surface area contributed by atoms with Crippen molar-refractivity contribution >= 4 is 5.97 Å². The Balaban J connectivity index is 2.60. The summed E-state index contributed by atoms with van der Waals surface area (Å²) in [6.45, 7) is 5.27. The Kier molecular flexibility index (Phi) is 6.75. The molecule has 0 aromatic rings. The zero-order valence-electron chi connectivity index (χ0n) is 12.3. The van der Waals surface area contributed by atoms with Crippen molar-refractivity contribution in [3.05, 3.63) is 0 Å². The van der Waals surface area contributed by atoms with Crippen molar-refractivity contribution in [1.82, 2.24) is 5.32 Å². The molecule has 1 fully saturated rings. The molecule has 1 aliphatic rings. The predicted molar refractivity (Wildman–Crippen MR) is 73.3 cm³/mol. The SMILES string of the molecule is CCCNC1(C(=O)O)CCCC(OC(C)COC)C1. The number of carboxylic acid groups (broad SMARTS) is 1. The number of methoxy groups -OCH3 is 1. The van der Waals surface area contributed by atoms with Crippen molar-refractivity contribution < 1.29 is 19.4 Å². The minimum atomic E-state index is -0.814. The van der Waals surface area contributed by atoms with E-state index in [0.717, 1.165) is 25.8 Å². The van der Waals surface area contributed by atoms with Gasteiger partial charge >= 0.3 is 5.97 Å². The van der Waals surface area contributed by atoms with Gasteiger partial charge in [0.25, 0.3) is 0 Å². The van der Waals surface area contributed by atoms with Gasteiger partial charge in [0.05, 0.1) is 18.8 Å². The zero-order chi connectivity index (χ0) is 14.3. The van der Waals surface area contributed by atoms with Crippen LogP contribution in [0.3, 0.4) is 0 Å². The van der Waals surface area contributed by atoms with Gasteiger partial charge in [-0.3, -0.25) is 4.79 Å². The molecule has 1 saturated carbocycles. The fourth-order valence-corrected chi connectivity index (χ4v) is 2.74. The van der Waals surface area contributed by atoms with Gasteiger partial charge in [0, 0.05) is 13.5 Å². The molecule has 0 aliphatic heterocycles. The normalized spacial score (nSPS) is 29.1. The Morgan fingerprint density at radius 3 is 2.89 bits per heavy atom. The van der Waals surface area contributed by atoms with E-state index in [1.54, 1.807) is 7.11 Å².